The molecule has 3 aromatic rings. The van der Waals surface area contributed by atoms with Crippen LogP contribution in [0.25, 0.3) is 0 Å². The van der Waals surface area contributed by atoms with Gasteiger partial charge in [-0.3, -0.25) is 0 Å². The van der Waals surface area contributed by atoms with Crippen LogP contribution in [-0.2, 0) is 0 Å². The van der Waals surface area contributed by atoms with Crippen molar-refractivity contribution in [1.82, 2.24) is 9.97 Å². The average Bonchev–Trinajstić information content (AvgIpc) is 2.60. The fraction of sp³-hybridized carbons (Fsp3) is 0.238. The molecule has 0 atom stereocenters. The second-order valence-electron chi connectivity index (χ2n) is 6.52. The average molecular weight is 348 g/mol. The van der Waals surface area contributed by atoms with Gasteiger partial charge in [0.15, 0.2) is 0 Å². The molecule has 0 spiro atoms. The maximum absolute atomic E-state index is 5.66. The summed E-state index contributed by atoms with van der Waals surface area (Å²) in [6.45, 7) is 8.15. The van der Waals surface area contributed by atoms with E-state index >= 15 is 0 Å². The van der Waals surface area contributed by atoms with E-state index < -0.39 is 0 Å². The van der Waals surface area contributed by atoms with Gasteiger partial charge in [-0.1, -0.05) is 12.1 Å². The van der Waals surface area contributed by atoms with Gasteiger partial charge >= 0.3 is 0 Å². The number of nitrogens with one attached hydrogen (secondary N) is 2. The Balaban J connectivity index is 1.72. The van der Waals surface area contributed by atoms with Gasteiger partial charge in [0.1, 0.15) is 11.6 Å². The predicted octanol–water partition coefficient (Wildman–Crippen LogP) is 5.37. The SMILES string of the molecule is Cc1ccc(C)c(Nc2nccc(Nc3ccc(OC(C)C)cc3)n2)c1. The first-order chi connectivity index (χ1) is 12.5. The van der Waals surface area contributed by atoms with Crippen molar-refractivity contribution >= 4 is 23.1 Å². The van der Waals surface area contributed by atoms with Gasteiger partial charge in [0, 0.05) is 17.6 Å². The molecule has 2 aromatic carbocycles. The van der Waals surface area contributed by atoms with Gasteiger partial charge in [-0.25, -0.2) is 4.98 Å². The Morgan fingerprint density at radius 3 is 2.42 bits per heavy atom. The number of aryl methyl sites for hydroxylation is 2. The summed E-state index contributed by atoms with van der Waals surface area (Å²) in [5.74, 6) is 2.14. The van der Waals surface area contributed by atoms with Gasteiger partial charge in [0.25, 0.3) is 0 Å². The predicted molar refractivity (Wildman–Crippen MR) is 107 cm³/mol. The summed E-state index contributed by atoms with van der Waals surface area (Å²) in [6, 6.07) is 15.9. The number of ether oxygens (including phenoxy) is 1. The van der Waals surface area contributed by atoms with Gasteiger partial charge in [0.05, 0.1) is 6.10 Å². The Morgan fingerprint density at radius 2 is 1.69 bits per heavy atom. The lowest BCUT2D eigenvalue weighted by Gasteiger charge is -2.12. The van der Waals surface area contributed by atoms with Crippen LogP contribution in [0.1, 0.15) is 25.0 Å². The van der Waals surface area contributed by atoms with Crippen molar-refractivity contribution in [1.29, 1.82) is 0 Å². The van der Waals surface area contributed by atoms with Crippen molar-refractivity contribution in [3.8, 4) is 5.75 Å². The van der Waals surface area contributed by atoms with Gasteiger partial charge in [-0.15, -0.1) is 0 Å². The lowest BCUT2D eigenvalue weighted by molar-refractivity contribution is 0.242. The standard InChI is InChI=1S/C21H24N4O/c1-14(2)26-18-9-7-17(8-10-18)23-20-11-12-22-21(25-20)24-19-13-15(3)5-6-16(19)4/h5-14H,1-4H3,(H2,22,23,24,25). The number of anilines is 4. The molecule has 0 fully saturated rings. The molecular weight excluding hydrogens is 324 g/mol. The van der Waals surface area contributed by atoms with Crippen LogP contribution in [0.15, 0.2) is 54.7 Å². The largest absolute Gasteiger partial charge is 0.491 e. The minimum Gasteiger partial charge on any atom is -0.491 e. The first kappa shape index (κ1) is 17.7. The van der Waals surface area contributed by atoms with Crippen molar-refractivity contribution in [2.24, 2.45) is 0 Å². The van der Waals surface area contributed by atoms with Crippen molar-refractivity contribution in [2.75, 3.05) is 10.6 Å². The maximum Gasteiger partial charge on any atom is 0.229 e. The minimum absolute atomic E-state index is 0.161. The summed E-state index contributed by atoms with van der Waals surface area (Å²) in [5.41, 5.74) is 4.30. The summed E-state index contributed by atoms with van der Waals surface area (Å²) in [6.07, 6.45) is 1.90. The van der Waals surface area contributed by atoms with Crippen LogP contribution in [0.4, 0.5) is 23.1 Å². The van der Waals surface area contributed by atoms with Crippen LogP contribution in [0.2, 0.25) is 0 Å². The van der Waals surface area contributed by atoms with Crippen LogP contribution < -0.4 is 15.4 Å². The molecule has 5 heteroatoms. The van der Waals surface area contributed by atoms with Crippen molar-refractivity contribution in [3.05, 3.63) is 65.9 Å². The lowest BCUT2D eigenvalue weighted by atomic mass is 10.1. The molecule has 134 valence electrons. The molecule has 0 aliphatic rings. The first-order valence-electron chi connectivity index (χ1n) is 8.70. The zero-order valence-corrected chi connectivity index (χ0v) is 15.6. The molecule has 0 amide bonds. The lowest BCUT2D eigenvalue weighted by Crippen LogP contribution is -2.05. The van der Waals surface area contributed by atoms with Crippen LogP contribution in [0.5, 0.6) is 5.75 Å². The molecule has 0 saturated heterocycles. The summed E-state index contributed by atoms with van der Waals surface area (Å²) in [7, 11) is 0. The molecule has 5 nitrogen and oxygen atoms in total. The summed E-state index contributed by atoms with van der Waals surface area (Å²) in [4.78, 5) is 8.85. The van der Waals surface area contributed by atoms with E-state index in [1.165, 1.54) is 5.56 Å². The Bertz CT molecular complexity index is 875. The highest BCUT2D eigenvalue weighted by Crippen LogP contribution is 2.22. The quantitative estimate of drug-likeness (QED) is 0.627. The van der Waals surface area contributed by atoms with E-state index in [9.17, 15) is 0 Å². The van der Waals surface area contributed by atoms with Gasteiger partial charge in [-0.05, 0) is 75.2 Å². The van der Waals surface area contributed by atoms with E-state index in [2.05, 4.69) is 52.6 Å². The molecule has 3 rings (SSSR count). The summed E-state index contributed by atoms with van der Waals surface area (Å²) >= 11 is 0. The van der Waals surface area contributed by atoms with Crippen molar-refractivity contribution in [2.45, 2.75) is 33.8 Å². The van der Waals surface area contributed by atoms with E-state index in [1.807, 2.05) is 44.2 Å². The fourth-order valence-electron chi connectivity index (χ4n) is 2.52. The van der Waals surface area contributed by atoms with Gasteiger partial charge < -0.3 is 15.4 Å². The van der Waals surface area contributed by atoms with E-state index in [4.69, 9.17) is 4.74 Å². The molecule has 1 heterocycles. The van der Waals surface area contributed by atoms with Crippen LogP contribution in [-0.4, -0.2) is 16.1 Å². The molecule has 0 bridgehead atoms. The topological polar surface area (TPSA) is 59.1 Å². The van der Waals surface area contributed by atoms with Crippen LogP contribution in [0.3, 0.4) is 0 Å². The van der Waals surface area contributed by atoms with Crippen LogP contribution in [0, 0.1) is 13.8 Å². The second-order valence-corrected chi connectivity index (χ2v) is 6.52. The highest BCUT2D eigenvalue weighted by molar-refractivity contribution is 5.62. The number of nitrogens with zero attached hydrogens (tertiary/aromatic N) is 2. The number of benzene rings is 2. The number of hydrogen-bond acceptors (Lipinski definition) is 5. The molecule has 2 N–H and O–H groups in total. The smallest absolute Gasteiger partial charge is 0.229 e. The number of rotatable bonds is 6. The Labute approximate surface area is 154 Å². The van der Waals surface area contributed by atoms with Crippen molar-refractivity contribution < 1.29 is 4.74 Å². The number of aromatic nitrogens is 2. The van der Waals surface area contributed by atoms with Gasteiger partial charge in [0.2, 0.25) is 5.95 Å². The summed E-state index contributed by atoms with van der Waals surface area (Å²) < 4.78 is 5.66. The van der Waals surface area contributed by atoms with E-state index in [-0.39, 0.29) is 6.10 Å². The third kappa shape index (κ3) is 4.72. The third-order valence-electron chi connectivity index (χ3n) is 3.79. The molecule has 1 aromatic heterocycles. The van der Waals surface area contributed by atoms with E-state index in [0.29, 0.717) is 5.95 Å². The Morgan fingerprint density at radius 1 is 0.923 bits per heavy atom. The molecular formula is C21H24N4O. The highest BCUT2D eigenvalue weighted by atomic mass is 16.5. The van der Waals surface area contributed by atoms with E-state index in [0.717, 1.165) is 28.5 Å². The highest BCUT2D eigenvalue weighted by Gasteiger charge is 2.04. The van der Waals surface area contributed by atoms with Crippen LogP contribution >= 0.6 is 0 Å². The zero-order valence-electron chi connectivity index (χ0n) is 15.6. The molecule has 0 unspecified atom stereocenters. The van der Waals surface area contributed by atoms with Gasteiger partial charge in [-0.2, -0.15) is 4.98 Å². The second kappa shape index (κ2) is 7.87. The normalized spacial score (nSPS) is 10.7. The third-order valence-corrected chi connectivity index (χ3v) is 3.79. The maximum atomic E-state index is 5.66. The molecule has 0 aliphatic carbocycles. The molecule has 0 aliphatic heterocycles. The van der Waals surface area contributed by atoms with E-state index in [1.54, 1.807) is 6.20 Å². The number of hydrogen-bond donors (Lipinski definition) is 2. The fourth-order valence-corrected chi connectivity index (χ4v) is 2.52. The minimum atomic E-state index is 0.161. The molecule has 0 saturated carbocycles. The molecule has 26 heavy (non-hydrogen) atoms. The van der Waals surface area contributed by atoms with Crippen molar-refractivity contribution in [3.63, 3.8) is 0 Å². The molecule has 0 radical (unpaired) electrons. The monoisotopic (exact) mass is 348 g/mol. The summed E-state index contributed by atoms with van der Waals surface area (Å²) in [5, 5.41) is 6.58. The Hall–Kier alpha value is -3.08. The first-order valence-corrected chi connectivity index (χ1v) is 8.70. The Kier molecular flexibility index (Phi) is 5.37. The zero-order chi connectivity index (χ0) is 18.5.